The fraction of sp³-hybridized carbons (Fsp3) is 0.571. The largest absolute Gasteiger partial charge is 0.373 e. The first kappa shape index (κ1) is 11.5. The minimum atomic E-state index is 0.0387. The Hall–Kier alpha value is -1.02. The van der Waals surface area contributed by atoms with Crippen molar-refractivity contribution in [1.82, 2.24) is 0 Å². The number of benzene rings is 1. The zero-order chi connectivity index (χ0) is 11.6. The van der Waals surface area contributed by atoms with Gasteiger partial charge in [-0.3, -0.25) is 0 Å². The Morgan fingerprint density at radius 3 is 2.50 bits per heavy atom. The molecule has 0 unspecified atom stereocenters. The van der Waals surface area contributed by atoms with Crippen LogP contribution in [0.25, 0.3) is 0 Å². The zero-order valence-corrected chi connectivity index (χ0v) is 10.4. The van der Waals surface area contributed by atoms with Crippen LogP contribution in [0.1, 0.15) is 31.2 Å². The summed E-state index contributed by atoms with van der Waals surface area (Å²) in [6.07, 6.45) is 4.92. The highest BCUT2D eigenvalue weighted by atomic mass is 15.1. The van der Waals surface area contributed by atoms with Crippen LogP contribution in [0.3, 0.4) is 0 Å². The first-order valence-electron chi connectivity index (χ1n) is 6.16. The van der Waals surface area contributed by atoms with Crippen LogP contribution in [0.2, 0.25) is 0 Å². The topological polar surface area (TPSA) is 29.3 Å². The highest BCUT2D eigenvalue weighted by Gasteiger charge is 2.30. The lowest BCUT2D eigenvalue weighted by Crippen LogP contribution is -2.47. The third-order valence-electron chi connectivity index (χ3n) is 3.68. The summed E-state index contributed by atoms with van der Waals surface area (Å²) in [4.78, 5) is 2.31. The second kappa shape index (κ2) is 4.46. The minimum absolute atomic E-state index is 0.0387. The third kappa shape index (κ3) is 2.38. The van der Waals surface area contributed by atoms with E-state index in [1.165, 1.54) is 36.9 Å². The van der Waals surface area contributed by atoms with E-state index in [4.69, 9.17) is 5.73 Å². The van der Waals surface area contributed by atoms with Crippen molar-refractivity contribution in [2.45, 2.75) is 38.1 Å². The predicted molar refractivity (Wildman–Crippen MR) is 69.8 cm³/mol. The number of anilines is 1. The molecule has 1 aromatic rings. The van der Waals surface area contributed by atoms with Gasteiger partial charge in [-0.25, -0.2) is 0 Å². The number of likely N-dealkylation sites (N-methyl/N-ethyl adjacent to an activating group) is 1. The second-order valence-electron chi connectivity index (χ2n) is 5.21. The summed E-state index contributed by atoms with van der Waals surface area (Å²) in [7, 11) is 2.15. The van der Waals surface area contributed by atoms with E-state index >= 15 is 0 Å². The van der Waals surface area contributed by atoms with Gasteiger partial charge in [0.2, 0.25) is 0 Å². The molecular formula is C14H22N2. The van der Waals surface area contributed by atoms with Gasteiger partial charge in [0, 0.05) is 24.8 Å². The van der Waals surface area contributed by atoms with Crippen molar-refractivity contribution in [1.29, 1.82) is 0 Å². The van der Waals surface area contributed by atoms with E-state index < -0.39 is 0 Å². The van der Waals surface area contributed by atoms with E-state index in [0.29, 0.717) is 0 Å². The summed E-state index contributed by atoms with van der Waals surface area (Å²) in [5.41, 5.74) is 9.07. The summed E-state index contributed by atoms with van der Waals surface area (Å²) in [5.74, 6) is 0. The van der Waals surface area contributed by atoms with Gasteiger partial charge in [0.05, 0.1) is 0 Å². The Morgan fingerprint density at radius 2 is 1.88 bits per heavy atom. The molecule has 0 spiro atoms. The average Bonchev–Trinajstić information content (AvgIpc) is 2.65. The molecular weight excluding hydrogens is 196 g/mol. The van der Waals surface area contributed by atoms with Crippen LogP contribution in [0.4, 0.5) is 5.69 Å². The predicted octanol–water partition coefficient (Wildman–Crippen LogP) is 2.70. The highest BCUT2D eigenvalue weighted by Crippen LogP contribution is 2.29. The van der Waals surface area contributed by atoms with Crippen LogP contribution in [0.15, 0.2) is 24.3 Å². The van der Waals surface area contributed by atoms with Crippen LogP contribution in [-0.2, 0) is 0 Å². The van der Waals surface area contributed by atoms with Crippen LogP contribution in [0, 0.1) is 6.92 Å². The molecule has 0 atom stereocenters. The van der Waals surface area contributed by atoms with E-state index in [9.17, 15) is 0 Å². The Labute approximate surface area is 98.4 Å². The molecule has 0 heterocycles. The molecule has 1 fully saturated rings. The number of rotatable bonds is 3. The van der Waals surface area contributed by atoms with Gasteiger partial charge in [0.1, 0.15) is 0 Å². The molecule has 1 saturated carbocycles. The standard InChI is InChI=1S/C14H22N2/c1-12-7-3-4-8-13(12)16(2)11-14(15)9-5-6-10-14/h3-4,7-8H,5-6,9-11,15H2,1-2H3. The molecule has 2 heteroatoms. The van der Waals surface area contributed by atoms with Crippen molar-refractivity contribution in [2.75, 3.05) is 18.5 Å². The number of nitrogens with two attached hydrogens (primary N) is 1. The molecule has 0 amide bonds. The Kier molecular flexibility index (Phi) is 3.20. The number of nitrogens with zero attached hydrogens (tertiary/aromatic N) is 1. The SMILES string of the molecule is Cc1ccccc1N(C)CC1(N)CCCC1. The average molecular weight is 218 g/mol. The van der Waals surface area contributed by atoms with Gasteiger partial charge in [-0.2, -0.15) is 0 Å². The fourth-order valence-corrected chi connectivity index (χ4v) is 2.79. The number of hydrogen-bond acceptors (Lipinski definition) is 2. The quantitative estimate of drug-likeness (QED) is 0.845. The van der Waals surface area contributed by atoms with E-state index in [0.717, 1.165) is 6.54 Å². The molecule has 0 aromatic heterocycles. The minimum Gasteiger partial charge on any atom is -0.373 e. The van der Waals surface area contributed by atoms with E-state index in [1.807, 2.05) is 0 Å². The molecule has 16 heavy (non-hydrogen) atoms. The van der Waals surface area contributed by atoms with Gasteiger partial charge in [-0.05, 0) is 31.4 Å². The number of aryl methyl sites for hydroxylation is 1. The maximum Gasteiger partial charge on any atom is 0.0393 e. The van der Waals surface area contributed by atoms with Gasteiger partial charge in [0.15, 0.2) is 0 Å². The van der Waals surface area contributed by atoms with Gasteiger partial charge in [0.25, 0.3) is 0 Å². The van der Waals surface area contributed by atoms with Crippen molar-refractivity contribution >= 4 is 5.69 Å². The molecule has 0 aliphatic heterocycles. The van der Waals surface area contributed by atoms with Gasteiger partial charge >= 0.3 is 0 Å². The summed E-state index contributed by atoms with van der Waals surface area (Å²) >= 11 is 0. The zero-order valence-electron chi connectivity index (χ0n) is 10.4. The summed E-state index contributed by atoms with van der Waals surface area (Å²) in [5, 5.41) is 0. The number of para-hydroxylation sites is 1. The Bertz CT molecular complexity index is 354. The second-order valence-corrected chi connectivity index (χ2v) is 5.21. The molecule has 2 N–H and O–H groups in total. The van der Waals surface area contributed by atoms with Crippen LogP contribution >= 0.6 is 0 Å². The summed E-state index contributed by atoms with van der Waals surface area (Å²) in [6.45, 7) is 3.13. The molecule has 1 aliphatic rings. The smallest absolute Gasteiger partial charge is 0.0393 e. The lowest BCUT2D eigenvalue weighted by molar-refractivity contribution is 0.442. The van der Waals surface area contributed by atoms with Crippen molar-refractivity contribution in [3.05, 3.63) is 29.8 Å². The first-order chi connectivity index (χ1) is 7.61. The normalized spacial score (nSPS) is 18.7. The first-order valence-corrected chi connectivity index (χ1v) is 6.16. The van der Waals surface area contributed by atoms with E-state index in [2.05, 4.69) is 43.1 Å². The van der Waals surface area contributed by atoms with Gasteiger partial charge < -0.3 is 10.6 Å². The molecule has 2 rings (SSSR count). The Balaban J connectivity index is 2.08. The number of hydrogen-bond donors (Lipinski definition) is 1. The molecule has 0 saturated heterocycles. The lowest BCUT2D eigenvalue weighted by atomic mass is 9.98. The molecule has 0 radical (unpaired) electrons. The third-order valence-corrected chi connectivity index (χ3v) is 3.68. The molecule has 88 valence electrons. The van der Waals surface area contributed by atoms with Crippen molar-refractivity contribution in [3.63, 3.8) is 0 Å². The van der Waals surface area contributed by atoms with Crippen LogP contribution in [0.5, 0.6) is 0 Å². The lowest BCUT2D eigenvalue weighted by Gasteiger charge is -2.32. The summed E-state index contributed by atoms with van der Waals surface area (Å²) in [6, 6.07) is 8.51. The molecule has 2 nitrogen and oxygen atoms in total. The maximum atomic E-state index is 6.41. The summed E-state index contributed by atoms with van der Waals surface area (Å²) < 4.78 is 0. The van der Waals surface area contributed by atoms with Gasteiger partial charge in [-0.1, -0.05) is 31.0 Å². The van der Waals surface area contributed by atoms with Gasteiger partial charge in [-0.15, -0.1) is 0 Å². The van der Waals surface area contributed by atoms with Crippen LogP contribution in [-0.4, -0.2) is 19.1 Å². The van der Waals surface area contributed by atoms with E-state index in [-0.39, 0.29) is 5.54 Å². The molecule has 1 aliphatic carbocycles. The monoisotopic (exact) mass is 218 g/mol. The van der Waals surface area contributed by atoms with Crippen molar-refractivity contribution < 1.29 is 0 Å². The molecule has 0 bridgehead atoms. The highest BCUT2D eigenvalue weighted by molar-refractivity contribution is 5.52. The van der Waals surface area contributed by atoms with Crippen molar-refractivity contribution in [2.24, 2.45) is 5.73 Å². The molecule has 1 aromatic carbocycles. The Morgan fingerprint density at radius 1 is 1.25 bits per heavy atom. The maximum absolute atomic E-state index is 6.41. The van der Waals surface area contributed by atoms with Crippen molar-refractivity contribution in [3.8, 4) is 0 Å². The fourth-order valence-electron chi connectivity index (χ4n) is 2.79. The van der Waals surface area contributed by atoms with E-state index in [1.54, 1.807) is 0 Å². The van der Waals surface area contributed by atoms with Crippen LogP contribution < -0.4 is 10.6 Å².